The zero-order valence-electron chi connectivity index (χ0n) is 5.75. The molecule has 0 aromatic carbocycles. The molecule has 62 valence electrons. The summed E-state index contributed by atoms with van der Waals surface area (Å²) in [6.07, 6.45) is 1.63. The molecule has 2 rings (SSSR count). The average Bonchev–Trinajstić information content (AvgIpc) is 2.58. The molecule has 0 atom stereocenters. The Bertz CT molecular complexity index is 359. The average molecular weight is 312 g/mol. The van der Waals surface area contributed by atoms with Crippen molar-refractivity contribution < 1.29 is 4.42 Å². The van der Waals surface area contributed by atoms with Crippen LogP contribution in [0.3, 0.4) is 0 Å². The van der Waals surface area contributed by atoms with Gasteiger partial charge in [0.05, 0.1) is 4.34 Å². The largest absolute Gasteiger partial charge is 0.440 e. The fourth-order valence-electron chi connectivity index (χ4n) is 0.829. The van der Waals surface area contributed by atoms with Gasteiger partial charge in [-0.15, -0.1) is 11.3 Å². The predicted octanol–water partition coefficient (Wildman–Crippen LogP) is 3.66. The molecule has 0 saturated carbocycles. The Balaban J connectivity index is 2.43. The molecule has 0 amide bonds. The van der Waals surface area contributed by atoms with Crippen LogP contribution in [-0.4, -0.2) is 4.98 Å². The summed E-state index contributed by atoms with van der Waals surface area (Å²) >= 11 is 9.29. The molecule has 2 aromatic heterocycles. The molecule has 0 spiro atoms. The first-order chi connectivity index (χ1) is 5.75. The molecule has 0 N–H and O–H groups in total. The molecule has 0 unspecified atom stereocenters. The standard InChI is InChI=1S/C7H3ClINOS/c8-6-1-4(3-12-6)5-2-11-7(9)10-5/h1-3H. The van der Waals surface area contributed by atoms with Gasteiger partial charge >= 0.3 is 0 Å². The minimum absolute atomic E-state index is 0.643. The summed E-state index contributed by atoms with van der Waals surface area (Å²) in [4.78, 5) is 4.16. The monoisotopic (exact) mass is 311 g/mol. The molecule has 0 aliphatic rings. The molecular weight excluding hydrogens is 309 g/mol. The van der Waals surface area contributed by atoms with Crippen LogP contribution in [-0.2, 0) is 0 Å². The van der Waals surface area contributed by atoms with Crippen molar-refractivity contribution in [3.8, 4) is 11.3 Å². The minimum atomic E-state index is 0.643. The van der Waals surface area contributed by atoms with Crippen LogP contribution in [0.2, 0.25) is 4.34 Å². The topological polar surface area (TPSA) is 26.0 Å². The van der Waals surface area contributed by atoms with Gasteiger partial charge in [-0.1, -0.05) is 11.6 Å². The maximum atomic E-state index is 5.78. The smallest absolute Gasteiger partial charge is 0.257 e. The van der Waals surface area contributed by atoms with E-state index in [-0.39, 0.29) is 0 Å². The normalized spacial score (nSPS) is 10.5. The van der Waals surface area contributed by atoms with Gasteiger partial charge in [0.1, 0.15) is 12.0 Å². The van der Waals surface area contributed by atoms with E-state index in [4.69, 9.17) is 16.0 Å². The Morgan fingerprint density at radius 1 is 1.58 bits per heavy atom. The molecule has 0 saturated heterocycles. The maximum absolute atomic E-state index is 5.78. The molecular formula is C7H3ClINOS. The van der Waals surface area contributed by atoms with E-state index < -0.39 is 0 Å². The number of aromatic nitrogens is 1. The van der Waals surface area contributed by atoms with Crippen LogP contribution in [0.5, 0.6) is 0 Å². The molecule has 0 fully saturated rings. The molecule has 0 bridgehead atoms. The van der Waals surface area contributed by atoms with Crippen molar-refractivity contribution in [1.29, 1.82) is 0 Å². The second-order valence-electron chi connectivity index (χ2n) is 2.13. The van der Waals surface area contributed by atoms with Crippen molar-refractivity contribution in [2.24, 2.45) is 0 Å². The lowest BCUT2D eigenvalue weighted by molar-refractivity contribution is 0.525. The van der Waals surface area contributed by atoms with Gasteiger partial charge in [-0.2, -0.15) is 0 Å². The van der Waals surface area contributed by atoms with Crippen LogP contribution in [0.25, 0.3) is 11.3 Å². The van der Waals surface area contributed by atoms with E-state index >= 15 is 0 Å². The Labute approximate surface area is 91.7 Å². The van der Waals surface area contributed by atoms with Gasteiger partial charge in [0.2, 0.25) is 0 Å². The van der Waals surface area contributed by atoms with Crippen LogP contribution in [0.4, 0.5) is 0 Å². The third-order valence-electron chi connectivity index (χ3n) is 1.34. The summed E-state index contributed by atoms with van der Waals surface area (Å²) in [6.45, 7) is 0. The van der Waals surface area contributed by atoms with Crippen molar-refractivity contribution >= 4 is 45.5 Å². The van der Waals surface area contributed by atoms with Crippen LogP contribution in [0, 0.1) is 3.90 Å². The molecule has 0 aliphatic heterocycles. The summed E-state index contributed by atoms with van der Waals surface area (Å²) in [5, 5.41) is 1.95. The number of hydrogen-bond donors (Lipinski definition) is 0. The van der Waals surface area contributed by atoms with Gasteiger partial charge in [-0.3, -0.25) is 0 Å². The van der Waals surface area contributed by atoms with E-state index in [1.807, 2.05) is 34.0 Å². The van der Waals surface area contributed by atoms with E-state index in [2.05, 4.69) is 4.98 Å². The van der Waals surface area contributed by atoms with Crippen LogP contribution in [0.15, 0.2) is 22.1 Å². The summed E-state index contributed by atoms with van der Waals surface area (Å²) in [5.41, 5.74) is 1.85. The molecule has 2 heterocycles. The lowest BCUT2D eigenvalue weighted by Gasteiger charge is -1.83. The zero-order valence-corrected chi connectivity index (χ0v) is 9.48. The van der Waals surface area contributed by atoms with E-state index in [1.54, 1.807) is 6.26 Å². The molecule has 5 heteroatoms. The Kier molecular flexibility index (Phi) is 2.38. The number of halogens is 2. The summed E-state index contributed by atoms with van der Waals surface area (Å²) in [6, 6.07) is 1.88. The van der Waals surface area contributed by atoms with Gasteiger partial charge in [-0.05, 0) is 6.07 Å². The van der Waals surface area contributed by atoms with E-state index in [0.717, 1.165) is 15.6 Å². The predicted molar refractivity (Wildman–Crippen MR) is 57.5 cm³/mol. The second kappa shape index (κ2) is 3.35. The third-order valence-corrected chi connectivity index (χ3v) is 2.93. The van der Waals surface area contributed by atoms with Crippen molar-refractivity contribution in [1.82, 2.24) is 4.98 Å². The van der Waals surface area contributed by atoms with Gasteiger partial charge in [0.25, 0.3) is 3.90 Å². The van der Waals surface area contributed by atoms with Crippen molar-refractivity contribution in [2.75, 3.05) is 0 Å². The van der Waals surface area contributed by atoms with Crippen molar-refractivity contribution in [3.05, 3.63) is 25.9 Å². The number of nitrogens with zero attached hydrogens (tertiary/aromatic N) is 1. The number of thiophene rings is 1. The van der Waals surface area contributed by atoms with E-state index in [9.17, 15) is 0 Å². The number of rotatable bonds is 1. The Morgan fingerprint density at radius 3 is 2.92 bits per heavy atom. The van der Waals surface area contributed by atoms with Gasteiger partial charge in [0.15, 0.2) is 0 Å². The van der Waals surface area contributed by atoms with E-state index in [1.165, 1.54) is 11.3 Å². The number of hydrogen-bond acceptors (Lipinski definition) is 3. The highest BCUT2D eigenvalue weighted by molar-refractivity contribution is 14.1. The third kappa shape index (κ3) is 1.65. The molecule has 2 nitrogen and oxygen atoms in total. The maximum Gasteiger partial charge on any atom is 0.257 e. The first-order valence-electron chi connectivity index (χ1n) is 3.11. The highest BCUT2D eigenvalue weighted by Gasteiger charge is 2.05. The highest BCUT2D eigenvalue weighted by atomic mass is 127. The quantitative estimate of drug-likeness (QED) is 0.751. The summed E-state index contributed by atoms with van der Waals surface area (Å²) < 4.78 is 6.48. The fraction of sp³-hybridized carbons (Fsp3) is 0. The zero-order chi connectivity index (χ0) is 8.55. The number of oxazole rings is 1. The van der Waals surface area contributed by atoms with Crippen molar-refractivity contribution in [2.45, 2.75) is 0 Å². The van der Waals surface area contributed by atoms with Gasteiger partial charge in [-0.25, -0.2) is 4.98 Å². The molecule has 12 heavy (non-hydrogen) atoms. The summed E-state index contributed by atoms with van der Waals surface area (Å²) in [5.74, 6) is 0. The first-order valence-corrected chi connectivity index (χ1v) is 5.45. The van der Waals surface area contributed by atoms with Crippen LogP contribution in [0.1, 0.15) is 0 Å². The lowest BCUT2D eigenvalue weighted by Crippen LogP contribution is -1.71. The fourth-order valence-corrected chi connectivity index (χ4v) is 2.09. The van der Waals surface area contributed by atoms with E-state index in [0.29, 0.717) is 3.90 Å². The molecule has 2 aromatic rings. The van der Waals surface area contributed by atoms with Gasteiger partial charge in [0, 0.05) is 33.5 Å². The SMILES string of the molecule is Clc1cc(-c2coc(I)n2)cs1. The molecule has 0 aliphatic carbocycles. The summed E-state index contributed by atoms with van der Waals surface area (Å²) in [7, 11) is 0. The first kappa shape index (κ1) is 8.52. The van der Waals surface area contributed by atoms with Gasteiger partial charge < -0.3 is 4.42 Å². The lowest BCUT2D eigenvalue weighted by atomic mass is 10.3. The second-order valence-corrected chi connectivity index (χ2v) is 4.59. The van der Waals surface area contributed by atoms with Crippen LogP contribution < -0.4 is 0 Å². The minimum Gasteiger partial charge on any atom is -0.440 e. The Morgan fingerprint density at radius 2 is 2.42 bits per heavy atom. The van der Waals surface area contributed by atoms with Crippen molar-refractivity contribution in [3.63, 3.8) is 0 Å². The van der Waals surface area contributed by atoms with Crippen LogP contribution >= 0.6 is 45.5 Å². The molecule has 0 radical (unpaired) electrons. The highest BCUT2D eigenvalue weighted by Crippen LogP contribution is 2.28. The Hall–Kier alpha value is -0.0700.